The van der Waals surface area contributed by atoms with Crippen molar-refractivity contribution in [2.24, 2.45) is 23.2 Å². The number of nitrogens with one attached hydrogen (secondary N) is 1. The highest BCUT2D eigenvalue weighted by atomic mass is 16.6. The summed E-state index contributed by atoms with van der Waals surface area (Å²) >= 11 is 0. The number of ether oxygens (including phenoxy) is 2. The highest BCUT2D eigenvalue weighted by molar-refractivity contribution is 5.86. The molecule has 4 aliphatic rings. The van der Waals surface area contributed by atoms with E-state index < -0.39 is 5.60 Å². The molecule has 3 fully saturated rings. The van der Waals surface area contributed by atoms with Gasteiger partial charge in [0.25, 0.3) is 0 Å². The smallest absolute Gasteiger partial charge is 0.144 e. The van der Waals surface area contributed by atoms with Crippen molar-refractivity contribution in [1.29, 1.82) is 0 Å². The molecular weight excluding hydrogens is 486 g/mol. The molecule has 2 saturated carbocycles. The first-order valence-electron chi connectivity index (χ1n) is 14.6. The number of aliphatic hydroxyl groups excluding tert-OH is 2. The SMILES string of the molecule is C#C.C=C(C)C.CC(C)(OCO)[C@@H]1CCC2C(CC[C@@]3(C)C2C(O)CC2Cc4c([nH]c5ccccc45)[C@@]23C)O1. The van der Waals surface area contributed by atoms with Crippen molar-refractivity contribution in [3.05, 3.63) is 47.7 Å². The summed E-state index contributed by atoms with van der Waals surface area (Å²) in [7, 11) is 0. The van der Waals surface area contributed by atoms with Gasteiger partial charge in [0, 0.05) is 22.0 Å². The van der Waals surface area contributed by atoms with E-state index >= 15 is 0 Å². The van der Waals surface area contributed by atoms with Crippen LogP contribution in [0.1, 0.15) is 84.9 Å². The van der Waals surface area contributed by atoms with E-state index in [0.717, 1.165) is 38.5 Å². The first kappa shape index (κ1) is 29.9. The van der Waals surface area contributed by atoms with E-state index in [9.17, 15) is 10.2 Å². The third-order valence-electron chi connectivity index (χ3n) is 10.7. The molecule has 0 amide bonds. The molecule has 6 rings (SSSR count). The van der Waals surface area contributed by atoms with E-state index in [2.05, 4.69) is 62.5 Å². The Balaban J connectivity index is 0.000000541. The van der Waals surface area contributed by atoms with E-state index in [1.807, 2.05) is 27.7 Å². The van der Waals surface area contributed by atoms with Crippen LogP contribution in [0.2, 0.25) is 0 Å². The topological polar surface area (TPSA) is 74.7 Å². The van der Waals surface area contributed by atoms with Crippen molar-refractivity contribution in [3.63, 3.8) is 0 Å². The van der Waals surface area contributed by atoms with Gasteiger partial charge >= 0.3 is 0 Å². The van der Waals surface area contributed by atoms with E-state index in [1.165, 1.54) is 27.7 Å². The van der Waals surface area contributed by atoms with Crippen molar-refractivity contribution in [2.75, 3.05) is 6.79 Å². The Hall–Kier alpha value is -2.10. The number of aliphatic hydroxyl groups is 2. The monoisotopic (exact) mass is 535 g/mol. The Morgan fingerprint density at radius 1 is 1.18 bits per heavy atom. The fourth-order valence-corrected chi connectivity index (χ4v) is 8.79. The number of hydrogen-bond donors (Lipinski definition) is 3. The summed E-state index contributed by atoms with van der Waals surface area (Å²) in [5.74, 6) is 1.08. The third kappa shape index (κ3) is 4.78. The van der Waals surface area contributed by atoms with Gasteiger partial charge in [0.1, 0.15) is 6.79 Å². The Bertz CT molecular complexity index is 1190. The molecule has 1 aliphatic heterocycles. The van der Waals surface area contributed by atoms with Gasteiger partial charge in [0.2, 0.25) is 0 Å². The normalized spacial score (nSPS) is 36.7. The van der Waals surface area contributed by atoms with Gasteiger partial charge in [-0.1, -0.05) is 37.6 Å². The van der Waals surface area contributed by atoms with Crippen molar-refractivity contribution >= 4 is 10.9 Å². The number of allylic oxidation sites excluding steroid dienone is 1. The van der Waals surface area contributed by atoms with Crippen LogP contribution >= 0.6 is 0 Å². The van der Waals surface area contributed by atoms with Gasteiger partial charge in [-0.15, -0.1) is 19.4 Å². The molecule has 1 aromatic heterocycles. The third-order valence-corrected chi connectivity index (χ3v) is 10.7. The molecule has 0 bridgehead atoms. The molecule has 5 heteroatoms. The van der Waals surface area contributed by atoms with Crippen molar-refractivity contribution in [1.82, 2.24) is 4.98 Å². The Morgan fingerprint density at radius 3 is 2.51 bits per heavy atom. The zero-order valence-corrected chi connectivity index (χ0v) is 24.8. The number of aromatic nitrogens is 1. The first-order chi connectivity index (χ1) is 18.4. The second kappa shape index (κ2) is 11.1. The molecule has 3 N–H and O–H groups in total. The van der Waals surface area contributed by atoms with Gasteiger partial charge in [-0.2, -0.15) is 0 Å². The average molecular weight is 536 g/mol. The van der Waals surface area contributed by atoms with Gasteiger partial charge in [-0.25, -0.2) is 0 Å². The second-order valence-electron chi connectivity index (χ2n) is 13.4. The zero-order chi connectivity index (χ0) is 28.8. The van der Waals surface area contributed by atoms with E-state index in [1.54, 1.807) is 0 Å². The summed E-state index contributed by atoms with van der Waals surface area (Å²) in [5.41, 5.74) is 4.88. The van der Waals surface area contributed by atoms with Crippen LogP contribution in [0.15, 0.2) is 36.4 Å². The number of rotatable bonds is 3. The standard InChI is InChI=1S/C28H39NO4.C4H8.C2H2/c1-26(2,32-15-30)23-10-9-18-22(33-23)11-12-27(3)24(18)21(31)14-16-13-19-17-7-5-6-8-20(17)29-25(19)28(16,27)4;1-4(2)3;1-2/h5-8,16,18,21-24,29-31H,9-15H2,1-4H3;1H2,2-3H3;1-2H/t16?,18?,21?,22?,23-,24?,27-,28+;;/m0../s1. The minimum Gasteiger partial charge on any atom is -0.393 e. The summed E-state index contributed by atoms with van der Waals surface area (Å²) in [4.78, 5) is 3.85. The number of terminal acetylenes is 1. The van der Waals surface area contributed by atoms with Crippen LogP contribution in [-0.4, -0.2) is 45.9 Å². The van der Waals surface area contributed by atoms with E-state index in [0.29, 0.717) is 11.8 Å². The van der Waals surface area contributed by atoms with Crippen LogP contribution < -0.4 is 0 Å². The molecule has 0 radical (unpaired) electrons. The minimum atomic E-state index is -0.507. The van der Waals surface area contributed by atoms with Crippen LogP contribution in [0.4, 0.5) is 0 Å². The van der Waals surface area contributed by atoms with Crippen LogP contribution in [0.3, 0.4) is 0 Å². The molecule has 5 unspecified atom stereocenters. The Morgan fingerprint density at radius 2 is 1.85 bits per heavy atom. The lowest BCUT2D eigenvalue weighted by Gasteiger charge is -2.64. The number of aromatic amines is 1. The van der Waals surface area contributed by atoms with Crippen molar-refractivity contribution < 1.29 is 19.7 Å². The number of benzene rings is 1. The highest BCUT2D eigenvalue weighted by Crippen LogP contribution is 2.68. The maximum Gasteiger partial charge on any atom is 0.144 e. The van der Waals surface area contributed by atoms with Crippen LogP contribution in [-0.2, 0) is 21.3 Å². The molecule has 1 saturated heterocycles. The molecule has 8 atom stereocenters. The largest absolute Gasteiger partial charge is 0.393 e. The number of hydrogen-bond acceptors (Lipinski definition) is 4. The summed E-state index contributed by atoms with van der Waals surface area (Å²) in [6, 6.07) is 8.71. The number of H-pyrrole nitrogens is 1. The molecule has 2 heterocycles. The van der Waals surface area contributed by atoms with Gasteiger partial charge in [0.05, 0.1) is 23.9 Å². The van der Waals surface area contributed by atoms with Crippen LogP contribution in [0.5, 0.6) is 0 Å². The van der Waals surface area contributed by atoms with E-state index in [4.69, 9.17) is 9.47 Å². The molecule has 214 valence electrons. The molecule has 2 aromatic rings. The predicted octanol–water partition coefficient (Wildman–Crippen LogP) is 6.52. The molecule has 39 heavy (non-hydrogen) atoms. The lowest BCUT2D eigenvalue weighted by Crippen LogP contribution is -2.65. The molecule has 5 nitrogen and oxygen atoms in total. The predicted molar refractivity (Wildman–Crippen MR) is 158 cm³/mol. The Labute approximate surface area is 235 Å². The van der Waals surface area contributed by atoms with Gasteiger partial charge < -0.3 is 24.7 Å². The molecule has 1 aromatic carbocycles. The fourth-order valence-electron chi connectivity index (χ4n) is 8.79. The number of fused-ring (bicyclic) bond motifs is 9. The van der Waals surface area contributed by atoms with Crippen LogP contribution in [0, 0.1) is 36.0 Å². The number of para-hydroxylation sites is 1. The minimum absolute atomic E-state index is 0.0221. The van der Waals surface area contributed by atoms with Gasteiger partial charge in [-0.05, 0) is 101 Å². The van der Waals surface area contributed by atoms with Crippen molar-refractivity contribution in [2.45, 2.75) is 109 Å². The summed E-state index contributed by atoms with van der Waals surface area (Å²) in [5, 5.41) is 22.3. The van der Waals surface area contributed by atoms with Gasteiger partial charge in [0.15, 0.2) is 0 Å². The molecule has 3 aliphatic carbocycles. The van der Waals surface area contributed by atoms with Crippen LogP contribution in [0.25, 0.3) is 10.9 Å². The first-order valence-corrected chi connectivity index (χ1v) is 14.6. The van der Waals surface area contributed by atoms with E-state index in [-0.39, 0.29) is 41.9 Å². The lowest BCUT2D eigenvalue weighted by molar-refractivity contribution is -0.245. The maximum atomic E-state index is 11.6. The van der Waals surface area contributed by atoms with Crippen molar-refractivity contribution in [3.8, 4) is 12.8 Å². The molecule has 0 spiro atoms. The quantitative estimate of drug-likeness (QED) is 0.238. The highest BCUT2D eigenvalue weighted by Gasteiger charge is 2.67. The average Bonchev–Trinajstić information content (AvgIpc) is 3.39. The maximum absolute atomic E-state index is 11.6. The fraction of sp³-hybridized carbons (Fsp3) is 0.647. The summed E-state index contributed by atoms with van der Waals surface area (Å²) in [6.45, 7) is 16.2. The van der Waals surface area contributed by atoms with Gasteiger partial charge in [-0.3, -0.25) is 0 Å². The Kier molecular flexibility index (Phi) is 8.47. The molecular formula is C34H49NO4. The second-order valence-corrected chi connectivity index (χ2v) is 13.4. The summed E-state index contributed by atoms with van der Waals surface area (Å²) < 4.78 is 12.3. The zero-order valence-electron chi connectivity index (χ0n) is 24.8. The lowest BCUT2D eigenvalue weighted by atomic mass is 9.42. The summed E-state index contributed by atoms with van der Waals surface area (Å²) in [6.07, 6.45) is 13.8.